The molecule has 6 N–H and O–H groups in total. The Morgan fingerprint density at radius 3 is 2.47 bits per heavy atom. The minimum Gasteiger partial charge on any atom is -0.388 e. The van der Waals surface area contributed by atoms with Gasteiger partial charge in [-0.05, 0) is 47.0 Å². The molecule has 0 aliphatic carbocycles. The molecule has 174 valence electrons. The number of hydrogen-bond acceptors (Lipinski definition) is 9. The maximum atomic E-state index is 12.3. The molecule has 0 unspecified atom stereocenters. The molecule has 0 fully saturated rings. The average molecular weight is 535 g/mol. The fourth-order valence-corrected chi connectivity index (χ4v) is 4.07. The molecule has 1 aromatic rings. The van der Waals surface area contributed by atoms with Crippen molar-refractivity contribution in [3.8, 4) is 11.5 Å². The maximum absolute atomic E-state index is 12.3. The molecular formula is C17H20BrN4O9P. The molecule has 0 radical (unpaired) electrons. The number of phosphoric ester groups is 1. The van der Waals surface area contributed by atoms with Gasteiger partial charge in [-0.15, -0.1) is 0 Å². The summed E-state index contributed by atoms with van der Waals surface area (Å²) < 4.78 is 16.8. The molecule has 15 heteroatoms. The third-order valence-corrected chi connectivity index (χ3v) is 6.38. The smallest absolute Gasteiger partial charge is 0.388 e. The lowest BCUT2D eigenvalue weighted by atomic mass is 10.1. The van der Waals surface area contributed by atoms with Gasteiger partial charge < -0.3 is 29.7 Å². The Labute approximate surface area is 188 Å². The van der Waals surface area contributed by atoms with E-state index in [0.29, 0.717) is 15.5 Å². The van der Waals surface area contributed by atoms with E-state index in [0.717, 1.165) is 11.1 Å². The highest BCUT2D eigenvalue weighted by molar-refractivity contribution is 9.10. The van der Waals surface area contributed by atoms with Crippen LogP contribution in [0.4, 0.5) is 0 Å². The van der Waals surface area contributed by atoms with E-state index in [1.807, 2.05) is 18.8 Å². The minimum absolute atomic E-state index is 0.159. The molecule has 0 spiro atoms. The van der Waals surface area contributed by atoms with Gasteiger partial charge >= 0.3 is 13.5 Å². The van der Waals surface area contributed by atoms with Gasteiger partial charge in [-0.1, -0.05) is 0 Å². The highest BCUT2D eigenvalue weighted by Crippen LogP contribution is 2.36. The summed E-state index contributed by atoms with van der Waals surface area (Å²) in [6, 6.07) is 1.70. The lowest BCUT2D eigenvalue weighted by Gasteiger charge is -2.26. The second kappa shape index (κ2) is 9.08. The Bertz CT molecular complexity index is 1300. The molecule has 1 aromatic carbocycles. The van der Waals surface area contributed by atoms with E-state index in [9.17, 15) is 29.5 Å². The van der Waals surface area contributed by atoms with Crippen LogP contribution in [0.15, 0.2) is 20.1 Å². The van der Waals surface area contributed by atoms with E-state index in [2.05, 4.69) is 30.4 Å². The zero-order chi connectivity index (χ0) is 24.0. The van der Waals surface area contributed by atoms with Gasteiger partial charge in [0.25, 0.3) is 5.56 Å². The largest absolute Gasteiger partial charge is 0.469 e. The van der Waals surface area contributed by atoms with Crippen molar-refractivity contribution in [2.75, 3.05) is 6.61 Å². The molecule has 3 rings (SSSR count). The predicted octanol–water partition coefficient (Wildman–Crippen LogP) is -0.844. The first kappa shape index (κ1) is 24.6. The number of nitrogens with zero attached hydrogens (tertiary/aromatic N) is 3. The Morgan fingerprint density at radius 2 is 1.84 bits per heavy atom. The molecule has 0 aromatic heterocycles. The van der Waals surface area contributed by atoms with Crippen LogP contribution in [0.1, 0.15) is 11.1 Å². The number of halogens is 1. The Morgan fingerprint density at radius 1 is 1.19 bits per heavy atom. The van der Waals surface area contributed by atoms with E-state index in [-0.39, 0.29) is 11.5 Å². The molecule has 2 heterocycles. The van der Waals surface area contributed by atoms with Crippen LogP contribution in [0.25, 0.3) is 22.6 Å². The average Bonchev–Trinajstić information content (AvgIpc) is 2.70. The van der Waals surface area contributed by atoms with Crippen LogP contribution in [-0.4, -0.2) is 69.5 Å². The minimum atomic E-state index is -4.90. The number of phosphoric acid groups is 1. The molecule has 3 atom stereocenters. The first-order valence-electron chi connectivity index (χ1n) is 9.14. The summed E-state index contributed by atoms with van der Waals surface area (Å²) in [5.74, 6) is -0.159. The van der Waals surface area contributed by atoms with E-state index in [4.69, 9.17) is 9.79 Å². The monoisotopic (exact) mass is 534 g/mol. The second-order valence-corrected chi connectivity index (χ2v) is 9.21. The fourth-order valence-electron chi connectivity index (χ4n) is 3.12. The van der Waals surface area contributed by atoms with Crippen LogP contribution in [0.2, 0.25) is 0 Å². The topological polar surface area (TPSA) is 208 Å². The molecule has 2 aliphatic rings. The highest BCUT2D eigenvalue weighted by Gasteiger charge is 2.30. The molecule has 2 aliphatic heterocycles. The molecule has 32 heavy (non-hydrogen) atoms. The maximum Gasteiger partial charge on any atom is 0.469 e. The van der Waals surface area contributed by atoms with Gasteiger partial charge in [-0.25, -0.2) is 14.3 Å². The quantitative estimate of drug-likeness (QED) is 0.162. The second-order valence-electron chi connectivity index (χ2n) is 7.18. The summed E-state index contributed by atoms with van der Waals surface area (Å²) in [5, 5.41) is 30.7. The number of rotatable bonds is 7. The summed E-state index contributed by atoms with van der Waals surface area (Å²) >= 11 is 3.44. The van der Waals surface area contributed by atoms with Crippen LogP contribution in [0.5, 0.6) is 0 Å². The number of H-pyrrole nitrogens is 1. The van der Waals surface area contributed by atoms with Crippen LogP contribution in [0.3, 0.4) is 0 Å². The van der Waals surface area contributed by atoms with Crippen molar-refractivity contribution >= 4 is 34.8 Å². The highest BCUT2D eigenvalue weighted by atomic mass is 79.9. The normalized spacial score (nSPS) is 15.2. The van der Waals surface area contributed by atoms with Crippen molar-refractivity contribution in [3.05, 3.63) is 42.5 Å². The number of aryl methyl sites for hydroxylation is 1. The van der Waals surface area contributed by atoms with E-state index in [1.54, 1.807) is 6.07 Å². The predicted molar refractivity (Wildman–Crippen MR) is 114 cm³/mol. The number of benzene rings is 1. The van der Waals surface area contributed by atoms with Gasteiger partial charge in [0.2, 0.25) is 0 Å². The van der Waals surface area contributed by atoms with E-state index < -0.39 is 50.5 Å². The van der Waals surface area contributed by atoms with Gasteiger partial charge in [0.05, 0.1) is 18.7 Å². The Kier molecular flexibility index (Phi) is 6.98. The van der Waals surface area contributed by atoms with Crippen molar-refractivity contribution in [1.82, 2.24) is 19.5 Å². The zero-order valence-electron chi connectivity index (χ0n) is 16.8. The number of aromatic nitrogens is 4. The molecule has 0 bridgehead atoms. The summed E-state index contributed by atoms with van der Waals surface area (Å²) in [7, 11) is -4.90. The Hall–Kier alpha value is -2.03. The van der Waals surface area contributed by atoms with Gasteiger partial charge in [0.1, 0.15) is 23.8 Å². The molecule has 13 nitrogen and oxygen atoms in total. The fraction of sp³-hybridized carbons (Fsp3) is 0.412. The zero-order valence-corrected chi connectivity index (χ0v) is 19.2. The van der Waals surface area contributed by atoms with Crippen LogP contribution in [-0.2, 0) is 15.6 Å². The summed E-state index contributed by atoms with van der Waals surface area (Å²) in [6.45, 7) is 2.24. The molecular weight excluding hydrogens is 515 g/mol. The SMILES string of the molecule is Cc1cc2c(nc3c(=O)[nH]c(=O)nc-3n2C[C@H](O)[C@H](O)[C@H](O)COP(=O)(O)O)c(Br)c1C. The van der Waals surface area contributed by atoms with Gasteiger partial charge in [-0.2, -0.15) is 4.98 Å². The van der Waals surface area contributed by atoms with E-state index >= 15 is 0 Å². The van der Waals surface area contributed by atoms with Gasteiger partial charge in [0.15, 0.2) is 11.5 Å². The van der Waals surface area contributed by atoms with Crippen LogP contribution < -0.4 is 11.2 Å². The standard InChI is InChI=1S/C17H20BrN4O9P/c1-6-3-8-12(11(18)7(6)2)19-13-15(20-17(27)21-16(13)26)22(8)4-9(23)14(25)10(24)5-31-32(28,29)30/h3,9-10,14,23-25H,4-5H2,1-2H3,(H,21,26,27)(H2,28,29,30)/t9-,10+,14-/m0/s1. The number of hydrogen-bond donors (Lipinski definition) is 6. The van der Waals surface area contributed by atoms with Crippen LogP contribution >= 0.6 is 23.8 Å². The summed E-state index contributed by atoms with van der Waals surface area (Å²) in [4.78, 5) is 51.7. The lowest BCUT2D eigenvalue weighted by molar-refractivity contribution is -0.0793. The first-order chi connectivity index (χ1) is 14.8. The third kappa shape index (κ3) is 4.97. The molecule has 0 saturated heterocycles. The first-order valence-corrected chi connectivity index (χ1v) is 11.5. The van der Waals surface area contributed by atoms with Crippen molar-refractivity contribution in [1.29, 1.82) is 0 Å². The number of aliphatic hydroxyl groups excluding tert-OH is 3. The third-order valence-electron chi connectivity index (χ3n) is 4.92. The van der Waals surface area contributed by atoms with Gasteiger partial charge in [0, 0.05) is 4.47 Å². The lowest BCUT2D eigenvalue weighted by Crippen LogP contribution is -2.42. The summed E-state index contributed by atoms with van der Waals surface area (Å²) in [5.41, 5.74) is 0.433. The number of aliphatic hydroxyl groups is 3. The van der Waals surface area contributed by atoms with Crippen molar-refractivity contribution in [2.24, 2.45) is 0 Å². The number of aromatic amines is 1. The number of nitrogens with one attached hydrogen (secondary N) is 1. The number of fused-ring (bicyclic) bond motifs is 2. The summed E-state index contributed by atoms with van der Waals surface area (Å²) in [6.07, 6.45) is -5.45. The van der Waals surface area contributed by atoms with E-state index in [1.165, 1.54) is 4.57 Å². The van der Waals surface area contributed by atoms with Crippen molar-refractivity contribution in [3.63, 3.8) is 0 Å². The van der Waals surface area contributed by atoms with Gasteiger partial charge in [-0.3, -0.25) is 14.3 Å². The van der Waals surface area contributed by atoms with Crippen molar-refractivity contribution in [2.45, 2.75) is 38.7 Å². The Balaban J connectivity index is 2.12. The van der Waals surface area contributed by atoms with Crippen molar-refractivity contribution < 1.29 is 34.2 Å². The molecule has 0 saturated carbocycles. The van der Waals surface area contributed by atoms with Crippen LogP contribution in [0, 0.1) is 13.8 Å². The molecule has 0 amide bonds.